The van der Waals surface area contributed by atoms with Crippen molar-refractivity contribution in [1.29, 1.82) is 0 Å². The first-order valence-corrected chi connectivity index (χ1v) is 9.67. The summed E-state index contributed by atoms with van der Waals surface area (Å²) in [5.74, 6) is -0.307. The Balaban J connectivity index is 1.81. The first-order chi connectivity index (χ1) is 13.2. The highest BCUT2D eigenvalue weighted by molar-refractivity contribution is 6.30. The number of nitrogens with zero attached hydrogens (tertiary/aromatic N) is 1. The molecule has 1 amide bonds. The van der Waals surface area contributed by atoms with E-state index in [-0.39, 0.29) is 11.9 Å². The van der Waals surface area contributed by atoms with Crippen LogP contribution in [0.25, 0.3) is 0 Å². The Morgan fingerprint density at radius 3 is 2.39 bits per heavy atom. The maximum Gasteiger partial charge on any atom is 0.410 e. The molecule has 2 aromatic rings. The van der Waals surface area contributed by atoms with Gasteiger partial charge in [0.1, 0.15) is 17.0 Å². The van der Waals surface area contributed by atoms with Gasteiger partial charge in [-0.05, 0) is 56.2 Å². The summed E-state index contributed by atoms with van der Waals surface area (Å²) in [7, 11) is 0. The summed E-state index contributed by atoms with van der Waals surface area (Å²) in [6, 6.07) is 13.7. The van der Waals surface area contributed by atoms with Crippen LogP contribution in [0.1, 0.15) is 38.3 Å². The second-order valence-corrected chi connectivity index (χ2v) is 8.50. The van der Waals surface area contributed by atoms with E-state index in [1.165, 1.54) is 12.1 Å². The number of hydrogen-bond acceptors (Lipinski definition) is 3. The van der Waals surface area contributed by atoms with Gasteiger partial charge in [-0.1, -0.05) is 35.9 Å². The van der Waals surface area contributed by atoms with Crippen LogP contribution in [-0.2, 0) is 21.7 Å². The van der Waals surface area contributed by atoms with Crippen molar-refractivity contribution in [2.24, 2.45) is 0 Å². The summed E-state index contributed by atoms with van der Waals surface area (Å²) in [5, 5.41) is 0.661. The number of hydrogen-bond donors (Lipinski definition) is 0. The maximum absolute atomic E-state index is 13.4. The van der Waals surface area contributed by atoms with Crippen LogP contribution in [0, 0.1) is 5.82 Å². The molecule has 150 valence electrons. The van der Waals surface area contributed by atoms with Gasteiger partial charge in [-0.3, -0.25) is 0 Å². The third kappa shape index (κ3) is 5.03. The molecule has 1 aliphatic heterocycles. The molecule has 4 nitrogen and oxygen atoms in total. The Labute approximate surface area is 170 Å². The fourth-order valence-electron chi connectivity index (χ4n) is 3.26. The minimum Gasteiger partial charge on any atom is -0.444 e. The van der Waals surface area contributed by atoms with Crippen molar-refractivity contribution in [2.45, 2.75) is 45.0 Å². The smallest absolute Gasteiger partial charge is 0.410 e. The van der Waals surface area contributed by atoms with E-state index in [1.807, 2.05) is 45.0 Å². The third-order valence-corrected chi connectivity index (χ3v) is 4.93. The largest absolute Gasteiger partial charge is 0.444 e. The van der Waals surface area contributed by atoms with E-state index in [0.717, 1.165) is 11.1 Å². The van der Waals surface area contributed by atoms with Crippen molar-refractivity contribution in [3.8, 4) is 0 Å². The number of carbonyl (C=O) groups excluding carboxylic acids is 1. The number of amides is 1. The summed E-state index contributed by atoms with van der Waals surface area (Å²) in [6.07, 6.45) is 0.234. The summed E-state index contributed by atoms with van der Waals surface area (Å²) in [5.41, 5.74) is 0.530. The van der Waals surface area contributed by atoms with Crippen LogP contribution in [0.4, 0.5) is 9.18 Å². The Kier molecular flexibility index (Phi) is 5.96. The van der Waals surface area contributed by atoms with Crippen molar-refractivity contribution < 1.29 is 18.7 Å². The second kappa shape index (κ2) is 8.10. The fraction of sp³-hybridized carbons (Fsp3) is 0.409. The predicted octanol–water partition coefficient (Wildman–Crippen LogP) is 5.53. The minimum atomic E-state index is -0.718. The van der Waals surface area contributed by atoms with E-state index in [9.17, 15) is 9.18 Å². The SMILES string of the molecule is CC(C)(C)OC(=O)N1CCC(OCc2ccc(Cl)cc2)(c2ccc(F)cc2)C1. The average Bonchev–Trinajstić information content (AvgIpc) is 3.06. The molecular formula is C22H25ClFNO3. The summed E-state index contributed by atoms with van der Waals surface area (Å²) >= 11 is 5.95. The lowest BCUT2D eigenvalue weighted by molar-refractivity contribution is -0.0554. The number of benzene rings is 2. The monoisotopic (exact) mass is 405 g/mol. The molecule has 1 unspecified atom stereocenters. The van der Waals surface area contributed by atoms with E-state index < -0.39 is 11.2 Å². The Bertz CT molecular complexity index is 817. The predicted molar refractivity (Wildman–Crippen MR) is 107 cm³/mol. The van der Waals surface area contributed by atoms with Crippen LogP contribution in [0.2, 0.25) is 5.02 Å². The molecule has 1 fully saturated rings. The molecule has 1 aliphatic rings. The molecule has 0 saturated carbocycles. The molecule has 0 spiro atoms. The van der Waals surface area contributed by atoms with Crippen molar-refractivity contribution in [1.82, 2.24) is 4.90 Å². The highest BCUT2D eigenvalue weighted by Crippen LogP contribution is 2.37. The molecule has 1 atom stereocenters. The quantitative estimate of drug-likeness (QED) is 0.671. The van der Waals surface area contributed by atoms with E-state index in [4.69, 9.17) is 21.1 Å². The van der Waals surface area contributed by atoms with Crippen LogP contribution in [0.15, 0.2) is 48.5 Å². The highest BCUT2D eigenvalue weighted by Gasteiger charge is 2.43. The van der Waals surface area contributed by atoms with E-state index >= 15 is 0 Å². The van der Waals surface area contributed by atoms with Crippen LogP contribution in [0.5, 0.6) is 0 Å². The van der Waals surface area contributed by atoms with Crippen LogP contribution in [0.3, 0.4) is 0 Å². The molecule has 28 heavy (non-hydrogen) atoms. The van der Waals surface area contributed by atoms with Crippen molar-refractivity contribution in [2.75, 3.05) is 13.1 Å². The normalized spacial score (nSPS) is 19.7. The average molecular weight is 406 g/mol. The maximum atomic E-state index is 13.4. The molecule has 0 N–H and O–H groups in total. The first-order valence-electron chi connectivity index (χ1n) is 9.29. The molecule has 3 rings (SSSR count). The number of carbonyl (C=O) groups is 1. The van der Waals surface area contributed by atoms with E-state index in [1.54, 1.807) is 17.0 Å². The standard InChI is InChI=1S/C22H25ClFNO3/c1-21(2,3)28-20(26)25-13-12-22(15-25,17-6-10-19(24)11-7-17)27-14-16-4-8-18(23)9-5-16/h4-11H,12-15H2,1-3H3. The van der Waals surface area contributed by atoms with Gasteiger partial charge in [-0.15, -0.1) is 0 Å². The van der Waals surface area contributed by atoms with E-state index in [0.29, 0.717) is 31.1 Å². The van der Waals surface area contributed by atoms with Gasteiger partial charge in [-0.25, -0.2) is 9.18 Å². The zero-order valence-corrected chi connectivity index (χ0v) is 17.1. The van der Waals surface area contributed by atoms with Gasteiger partial charge in [0.05, 0.1) is 13.2 Å². The summed E-state index contributed by atoms with van der Waals surface area (Å²) in [4.78, 5) is 14.2. The van der Waals surface area contributed by atoms with Crippen LogP contribution < -0.4 is 0 Å². The van der Waals surface area contributed by atoms with E-state index in [2.05, 4.69) is 0 Å². The zero-order chi connectivity index (χ0) is 20.4. The fourth-order valence-corrected chi connectivity index (χ4v) is 3.38. The van der Waals surface area contributed by atoms with Gasteiger partial charge in [0.15, 0.2) is 0 Å². The Hall–Kier alpha value is -2.11. The molecule has 1 saturated heterocycles. The Morgan fingerprint density at radius 2 is 1.79 bits per heavy atom. The van der Waals surface area contributed by atoms with Gasteiger partial charge in [0, 0.05) is 18.0 Å². The van der Waals surface area contributed by atoms with Crippen molar-refractivity contribution in [3.63, 3.8) is 0 Å². The molecule has 2 aromatic carbocycles. The molecule has 0 bridgehead atoms. The highest BCUT2D eigenvalue weighted by atomic mass is 35.5. The van der Waals surface area contributed by atoms with Crippen molar-refractivity contribution in [3.05, 3.63) is 70.5 Å². The van der Waals surface area contributed by atoms with Crippen LogP contribution in [-0.4, -0.2) is 29.7 Å². The van der Waals surface area contributed by atoms with Gasteiger partial charge < -0.3 is 14.4 Å². The molecule has 0 radical (unpaired) electrons. The molecule has 0 aromatic heterocycles. The lowest BCUT2D eigenvalue weighted by atomic mass is 9.92. The number of ether oxygens (including phenoxy) is 2. The minimum absolute atomic E-state index is 0.307. The first kappa shape index (κ1) is 20.6. The summed E-state index contributed by atoms with van der Waals surface area (Å²) < 4.78 is 25.3. The number of rotatable bonds is 4. The topological polar surface area (TPSA) is 38.8 Å². The molecule has 6 heteroatoms. The third-order valence-electron chi connectivity index (χ3n) is 4.68. The molecular weight excluding hydrogens is 381 g/mol. The van der Waals surface area contributed by atoms with Crippen molar-refractivity contribution >= 4 is 17.7 Å². The second-order valence-electron chi connectivity index (χ2n) is 8.07. The molecule has 0 aliphatic carbocycles. The van der Waals surface area contributed by atoms with Gasteiger partial charge in [-0.2, -0.15) is 0 Å². The Morgan fingerprint density at radius 1 is 1.14 bits per heavy atom. The summed E-state index contributed by atoms with van der Waals surface area (Å²) in [6.45, 7) is 6.73. The lowest BCUT2D eigenvalue weighted by Crippen LogP contribution is -2.39. The van der Waals surface area contributed by atoms with Crippen LogP contribution >= 0.6 is 11.6 Å². The van der Waals surface area contributed by atoms with Gasteiger partial charge in [0.25, 0.3) is 0 Å². The number of likely N-dealkylation sites (tertiary alicyclic amines) is 1. The lowest BCUT2D eigenvalue weighted by Gasteiger charge is -2.31. The van der Waals surface area contributed by atoms with Gasteiger partial charge in [0.2, 0.25) is 0 Å². The zero-order valence-electron chi connectivity index (χ0n) is 16.4. The van der Waals surface area contributed by atoms with Gasteiger partial charge >= 0.3 is 6.09 Å². The number of halogens is 2. The molecule has 1 heterocycles.